The van der Waals surface area contributed by atoms with Crippen molar-refractivity contribution in [1.29, 1.82) is 0 Å². The number of benzene rings is 1. The summed E-state index contributed by atoms with van der Waals surface area (Å²) in [6.45, 7) is 0.531. The van der Waals surface area contributed by atoms with E-state index in [0.717, 1.165) is 24.3 Å². The fourth-order valence-corrected chi connectivity index (χ4v) is 3.96. The highest BCUT2D eigenvalue weighted by Gasteiger charge is 2.48. The first-order valence-electron chi connectivity index (χ1n) is 10.2. The minimum atomic E-state index is -4.46. The number of amides is 1. The number of rotatable bonds is 5. The number of halogens is 3. The Kier molecular flexibility index (Phi) is 5.51. The molecule has 0 bridgehead atoms. The lowest BCUT2D eigenvalue weighted by Gasteiger charge is -2.18. The van der Waals surface area contributed by atoms with E-state index in [1.54, 1.807) is 30.7 Å². The number of furan rings is 1. The number of fused-ring (bicyclic) bond motifs is 1. The first kappa shape index (κ1) is 21.4. The molecule has 11 heteroatoms. The maximum absolute atomic E-state index is 12.7. The largest absolute Gasteiger partial charge is 0.463 e. The molecule has 0 radical (unpaired) electrons. The van der Waals surface area contributed by atoms with E-state index in [-0.39, 0.29) is 24.3 Å². The number of carbonyl (C=O) groups excluding carboxylic acids is 1. The van der Waals surface area contributed by atoms with Crippen LogP contribution in [0.1, 0.15) is 15.9 Å². The van der Waals surface area contributed by atoms with Gasteiger partial charge in [0.05, 0.1) is 37.1 Å². The molecule has 5 rings (SSSR count). The first-order valence-corrected chi connectivity index (χ1v) is 10.2. The minimum absolute atomic E-state index is 0.127. The third kappa shape index (κ3) is 4.41. The summed E-state index contributed by atoms with van der Waals surface area (Å²) in [5.74, 6) is 0.510. The third-order valence-corrected chi connectivity index (χ3v) is 5.59. The van der Waals surface area contributed by atoms with Crippen molar-refractivity contribution in [2.24, 2.45) is 0 Å². The van der Waals surface area contributed by atoms with Gasteiger partial charge in [-0.2, -0.15) is 13.2 Å². The summed E-state index contributed by atoms with van der Waals surface area (Å²) in [7, 11) is 0. The maximum atomic E-state index is 12.7. The summed E-state index contributed by atoms with van der Waals surface area (Å²) >= 11 is 0. The second-order valence-electron chi connectivity index (χ2n) is 7.74. The van der Waals surface area contributed by atoms with E-state index in [1.165, 1.54) is 0 Å². The Morgan fingerprint density at radius 1 is 1.00 bits per heavy atom. The highest BCUT2D eigenvalue weighted by molar-refractivity contribution is 5.94. The quantitative estimate of drug-likeness (QED) is 0.604. The molecule has 172 valence electrons. The standard InChI is InChI=1S/C22H19F3N4O4/c23-22(24,25)13-5-3-12(4-6-13)20(30)27-15-10-32-19-16(11-33-18(15)19)29-21-26-8-7-14(28-21)17-2-1-9-31-17/h1-9,15-16,18-19H,10-11H2,(H,27,30)(H,26,28,29)/t15-,16-,18+,19+/m0/s1. The van der Waals surface area contributed by atoms with Gasteiger partial charge in [0.15, 0.2) is 5.76 Å². The van der Waals surface area contributed by atoms with Crippen molar-refractivity contribution in [2.45, 2.75) is 30.5 Å². The summed E-state index contributed by atoms with van der Waals surface area (Å²) in [5, 5.41) is 6.00. The van der Waals surface area contributed by atoms with Crippen molar-refractivity contribution in [3.05, 3.63) is 66.1 Å². The lowest BCUT2D eigenvalue weighted by atomic mass is 10.1. The van der Waals surface area contributed by atoms with E-state index in [1.807, 2.05) is 0 Å². The van der Waals surface area contributed by atoms with Crippen LogP contribution in [0.15, 0.2) is 59.3 Å². The zero-order chi connectivity index (χ0) is 23.0. The summed E-state index contributed by atoms with van der Waals surface area (Å²) in [4.78, 5) is 21.2. The van der Waals surface area contributed by atoms with Crippen LogP contribution >= 0.6 is 0 Å². The molecule has 1 aromatic carbocycles. The molecular weight excluding hydrogens is 441 g/mol. The number of hydrogen-bond acceptors (Lipinski definition) is 7. The van der Waals surface area contributed by atoms with Crippen molar-refractivity contribution in [2.75, 3.05) is 18.5 Å². The predicted molar refractivity (Wildman–Crippen MR) is 109 cm³/mol. The Morgan fingerprint density at radius 3 is 2.42 bits per heavy atom. The van der Waals surface area contributed by atoms with E-state index >= 15 is 0 Å². The zero-order valence-corrected chi connectivity index (χ0v) is 17.1. The van der Waals surface area contributed by atoms with E-state index in [2.05, 4.69) is 20.6 Å². The number of nitrogens with zero attached hydrogens (tertiary/aromatic N) is 2. The van der Waals surface area contributed by atoms with Gasteiger partial charge in [0.1, 0.15) is 17.9 Å². The molecule has 2 saturated heterocycles. The summed E-state index contributed by atoms with van der Waals surface area (Å²) in [5.41, 5.74) is -0.0565. The second kappa shape index (κ2) is 8.49. The Balaban J connectivity index is 1.21. The number of aromatic nitrogens is 2. The number of ether oxygens (including phenoxy) is 2. The third-order valence-electron chi connectivity index (χ3n) is 5.59. The lowest BCUT2D eigenvalue weighted by molar-refractivity contribution is -0.137. The summed E-state index contributed by atoms with van der Waals surface area (Å²) in [6, 6.07) is 8.68. The minimum Gasteiger partial charge on any atom is -0.463 e. The predicted octanol–water partition coefficient (Wildman–Crippen LogP) is 3.13. The average Bonchev–Trinajstić information content (AvgIpc) is 3.54. The molecule has 4 heterocycles. The molecule has 33 heavy (non-hydrogen) atoms. The first-order chi connectivity index (χ1) is 15.9. The van der Waals surface area contributed by atoms with Crippen LogP contribution in [0.5, 0.6) is 0 Å². The van der Waals surface area contributed by atoms with E-state index < -0.39 is 29.8 Å². The van der Waals surface area contributed by atoms with Gasteiger partial charge in [-0.3, -0.25) is 4.79 Å². The van der Waals surface area contributed by atoms with Gasteiger partial charge < -0.3 is 24.5 Å². The van der Waals surface area contributed by atoms with Crippen LogP contribution in [-0.2, 0) is 15.7 Å². The number of nitrogens with one attached hydrogen (secondary N) is 2. The van der Waals surface area contributed by atoms with Gasteiger partial charge in [0.2, 0.25) is 5.95 Å². The van der Waals surface area contributed by atoms with Gasteiger partial charge in [0, 0.05) is 11.8 Å². The molecule has 3 aromatic rings. The van der Waals surface area contributed by atoms with Gasteiger partial charge in [-0.25, -0.2) is 9.97 Å². The fraction of sp³-hybridized carbons (Fsp3) is 0.318. The molecule has 0 unspecified atom stereocenters. The molecule has 0 saturated carbocycles. The Morgan fingerprint density at radius 2 is 1.73 bits per heavy atom. The van der Waals surface area contributed by atoms with E-state index in [4.69, 9.17) is 13.9 Å². The number of anilines is 1. The summed E-state index contributed by atoms with van der Waals surface area (Å²) < 4.78 is 55.3. The second-order valence-corrected chi connectivity index (χ2v) is 7.74. The van der Waals surface area contributed by atoms with Crippen molar-refractivity contribution in [3.8, 4) is 11.5 Å². The Hall–Kier alpha value is -3.44. The van der Waals surface area contributed by atoms with Crippen molar-refractivity contribution < 1.29 is 31.9 Å². The van der Waals surface area contributed by atoms with Crippen LogP contribution in [0.3, 0.4) is 0 Å². The lowest BCUT2D eigenvalue weighted by Crippen LogP contribution is -2.44. The summed E-state index contributed by atoms with van der Waals surface area (Å²) in [6.07, 6.45) is -2.04. The number of carbonyl (C=O) groups is 1. The smallest absolute Gasteiger partial charge is 0.416 e. The average molecular weight is 460 g/mol. The SMILES string of the molecule is O=C(N[C@H]1CO[C@H]2[C@@H]1OC[C@@H]2Nc1nccc(-c2ccco2)n1)c1ccc(C(F)(F)F)cc1. The number of hydrogen-bond donors (Lipinski definition) is 2. The van der Waals surface area contributed by atoms with Gasteiger partial charge in [-0.1, -0.05) is 0 Å². The van der Waals surface area contributed by atoms with Crippen LogP contribution in [-0.4, -0.2) is 53.4 Å². The molecule has 2 aliphatic heterocycles. The maximum Gasteiger partial charge on any atom is 0.416 e. The molecule has 0 spiro atoms. The van der Waals surface area contributed by atoms with Crippen LogP contribution in [0, 0.1) is 0 Å². The van der Waals surface area contributed by atoms with Crippen LogP contribution in [0.4, 0.5) is 19.1 Å². The van der Waals surface area contributed by atoms with Crippen LogP contribution in [0.25, 0.3) is 11.5 Å². The highest BCUT2D eigenvalue weighted by Crippen LogP contribution is 2.30. The van der Waals surface area contributed by atoms with Crippen molar-refractivity contribution in [1.82, 2.24) is 15.3 Å². The molecule has 2 fully saturated rings. The zero-order valence-electron chi connectivity index (χ0n) is 17.1. The van der Waals surface area contributed by atoms with Crippen LogP contribution < -0.4 is 10.6 Å². The molecule has 8 nitrogen and oxygen atoms in total. The monoisotopic (exact) mass is 460 g/mol. The molecule has 2 aliphatic rings. The van der Waals surface area contributed by atoms with E-state index in [0.29, 0.717) is 24.0 Å². The number of alkyl halides is 3. The highest BCUT2D eigenvalue weighted by atomic mass is 19.4. The van der Waals surface area contributed by atoms with Gasteiger partial charge in [-0.15, -0.1) is 0 Å². The van der Waals surface area contributed by atoms with Crippen LogP contribution in [0.2, 0.25) is 0 Å². The van der Waals surface area contributed by atoms with Gasteiger partial charge in [-0.05, 0) is 42.5 Å². The molecule has 4 atom stereocenters. The van der Waals surface area contributed by atoms with Crippen molar-refractivity contribution in [3.63, 3.8) is 0 Å². The Labute approximate surface area is 186 Å². The molecule has 0 aliphatic carbocycles. The van der Waals surface area contributed by atoms with Gasteiger partial charge >= 0.3 is 6.18 Å². The van der Waals surface area contributed by atoms with Crippen molar-refractivity contribution >= 4 is 11.9 Å². The van der Waals surface area contributed by atoms with E-state index in [9.17, 15) is 18.0 Å². The molecule has 1 amide bonds. The van der Waals surface area contributed by atoms with Gasteiger partial charge in [0.25, 0.3) is 5.91 Å². The topological polar surface area (TPSA) is 98.5 Å². The fourth-order valence-electron chi connectivity index (χ4n) is 3.96. The molecule has 2 aromatic heterocycles. The Bertz CT molecular complexity index is 1120. The molecular formula is C22H19F3N4O4. The normalized spacial score (nSPS) is 24.5. The molecule has 2 N–H and O–H groups in total.